The molecule has 2 aromatic carbocycles. The van der Waals surface area contributed by atoms with E-state index in [2.05, 4.69) is 45.0 Å². The topological polar surface area (TPSA) is 26.3 Å². The average molecular weight is 421 g/mol. The van der Waals surface area contributed by atoms with Crippen molar-refractivity contribution >= 4 is 5.97 Å². The van der Waals surface area contributed by atoms with Gasteiger partial charge in [-0.25, -0.2) is 4.79 Å². The Hall–Kier alpha value is -2.09. The maximum atomic E-state index is 12.6. The van der Waals surface area contributed by atoms with Gasteiger partial charge >= 0.3 is 5.97 Å². The van der Waals surface area contributed by atoms with Crippen LogP contribution in [0.5, 0.6) is 5.75 Å². The van der Waals surface area contributed by atoms with Crippen molar-refractivity contribution in [1.29, 1.82) is 0 Å². The predicted molar refractivity (Wildman–Crippen MR) is 130 cm³/mol. The van der Waals surface area contributed by atoms with Crippen LogP contribution in [-0.2, 0) is 6.42 Å². The summed E-state index contributed by atoms with van der Waals surface area (Å²) in [5, 5.41) is 0. The maximum absolute atomic E-state index is 12.6. The summed E-state index contributed by atoms with van der Waals surface area (Å²) in [5.41, 5.74) is 3.29. The molecule has 1 unspecified atom stereocenters. The van der Waals surface area contributed by atoms with E-state index in [0.717, 1.165) is 12.3 Å². The van der Waals surface area contributed by atoms with Crippen LogP contribution in [0.25, 0.3) is 0 Å². The van der Waals surface area contributed by atoms with E-state index in [1.54, 1.807) is 0 Å². The van der Waals surface area contributed by atoms with E-state index < -0.39 is 0 Å². The Morgan fingerprint density at radius 1 is 0.935 bits per heavy atom. The predicted octanol–water partition coefficient (Wildman–Crippen LogP) is 8.35. The summed E-state index contributed by atoms with van der Waals surface area (Å²) in [4.78, 5) is 12.6. The van der Waals surface area contributed by atoms with Crippen LogP contribution in [0.1, 0.15) is 106 Å². The van der Waals surface area contributed by atoms with Gasteiger partial charge in [0.1, 0.15) is 5.75 Å². The molecule has 0 spiro atoms. The largest absolute Gasteiger partial charge is 0.423 e. The van der Waals surface area contributed by atoms with E-state index in [0.29, 0.717) is 23.1 Å². The second-order valence-corrected chi connectivity index (χ2v) is 9.59. The Morgan fingerprint density at radius 2 is 1.61 bits per heavy atom. The molecular formula is C29H40O2. The number of benzene rings is 2. The van der Waals surface area contributed by atoms with Gasteiger partial charge in [0.25, 0.3) is 0 Å². The molecule has 0 heterocycles. The molecule has 1 aliphatic rings. The van der Waals surface area contributed by atoms with Gasteiger partial charge in [-0.3, -0.25) is 0 Å². The molecule has 1 saturated carbocycles. The van der Waals surface area contributed by atoms with E-state index in [1.165, 1.54) is 68.9 Å². The van der Waals surface area contributed by atoms with Gasteiger partial charge in [0.15, 0.2) is 0 Å². The quantitative estimate of drug-likeness (QED) is 0.219. The highest BCUT2D eigenvalue weighted by molar-refractivity contribution is 5.91. The molecule has 168 valence electrons. The summed E-state index contributed by atoms with van der Waals surface area (Å²) in [7, 11) is 0. The van der Waals surface area contributed by atoms with Crippen LogP contribution in [0.15, 0.2) is 48.5 Å². The molecule has 1 aliphatic carbocycles. The van der Waals surface area contributed by atoms with Gasteiger partial charge in [-0.05, 0) is 85.3 Å². The molecule has 1 fully saturated rings. The van der Waals surface area contributed by atoms with E-state index >= 15 is 0 Å². The van der Waals surface area contributed by atoms with Crippen LogP contribution in [0.4, 0.5) is 0 Å². The summed E-state index contributed by atoms with van der Waals surface area (Å²) < 4.78 is 5.59. The number of hydrogen-bond donors (Lipinski definition) is 0. The molecule has 31 heavy (non-hydrogen) atoms. The lowest BCUT2D eigenvalue weighted by molar-refractivity contribution is 0.0734. The number of esters is 1. The molecule has 0 N–H and O–H groups in total. The van der Waals surface area contributed by atoms with Gasteiger partial charge in [0.2, 0.25) is 0 Å². The molecule has 2 heteroatoms. The van der Waals surface area contributed by atoms with E-state index in [9.17, 15) is 4.79 Å². The van der Waals surface area contributed by atoms with E-state index in [4.69, 9.17) is 4.74 Å². The van der Waals surface area contributed by atoms with Crippen LogP contribution in [0, 0.1) is 11.8 Å². The number of ether oxygens (including phenoxy) is 1. The van der Waals surface area contributed by atoms with Crippen LogP contribution < -0.4 is 4.74 Å². The third-order valence-electron chi connectivity index (χ3n) is 7.10. The molecule has 1 atom stereocenters. The van der Waals surface area contributed by atoms with Crippen molar-refractivity contribution in [1.82, 2.24) is 0 Å². The highest BCUT2D eigenvalue weighted by atomic mass is 16.5. The van der Waals surface area contributed by atoms with Crippen molar-refractivity contribution in [3.8, 4) is 5.75 Å². The Balaban J connectivity index is 1.49. The fourth-order valence-electron chi connectivity index (χ4n) is 4.77. The first-order valence-electron chi connectivity index (χ1n) is 12.5. The number of carbonyl (C=O) groups excluding carboxylic acids is 1. The van der Waals surface area contributed by atoms with Crippen molar-refractivity contribution in [2.75, 3.05) is 0 Å². The monoisotopic (exact) mass is 420 g/mol. The lowest BCUT2D eigenvalue weighted by Crippen LogP contribution is -2.14. The average Bonchev–Trinajstić information content (AvgIpc) is 2.81. The Bertz CT molecular complexity index is 782. The lowest BCUT2D eigenvalue weighted by atomic mass is 9.77. The Kier molecular flexibility index (Phi) is 9.18. The zero-order valence-corrected chi connectivity index (χ0v) is 19.7. The molecule has 2 nitrogen and oxygen atoms in total. The minimum absolute atomic E-state index is 0.277. The molecule has 0 aromatic heterocycles. The van der Waals surface area contributed by atoms with Crippen LogP contribution in [0.3, 0.4) is 0 Å². The molecule has 0 amide bonds. The van der Waals surface area contributed by atoms with Crippen molar-refractivity contribution in [3.05, 3.63) is 65.2 Å². The first-order valence-corrected chi connectivity index (χ1v) is 12.5. The minimum Gasteiger partial charge on any atom is -0.423 e. The summed E-state index contributed by atoms with van der Waals surface area (Å²) in [6.45, 7) is 6.75. The fraction of sp³-hybridized carbons (Fsp3) is 0.552. The minimum atomic E-state index is -0.277. The zero-order valence-electron chi connectivity index (χ0n) is 19.7. The fourth-order valence-corrected chi connectivity index (χ4v) is 4.77. The molecule has 0 radical (unpaired) electrons. The molecule has 0 aliphatic heterocycles. The Labute approximate surface area is 189 Å². The summed E-state index contributed by atoms with van der Waals surface area (Å²) in [6.07, 6.45) is 13.0. The second-order valence-electron chi connectivity index (χ2n) is 9.59. The first-order chi connectivity index (χ1) is 15.1. The highest BCUT2D eigenvalue weighted by Crippen LogP contribution is 2.37. The van der Waals surface area contributed by atoms with E-state index in [1.807, 2.05) is 24.3 Å². The van der Waals surface area contributed by atoms with Gasteiger partial charge < -0.3 is 4.74 Å². The van der Waals surface area contributed by atoms with Crippen LogP contribution in [-0.4, -0.2) is 5.97 Å². The highest BCUT2D eigenvalue weighted by Gasteiger charge is 2.22. The zero-order chi connectivity index (χ0) is 22.1. The molecular weight excluding hydrogens is 380 g/mol. The van der Waals surface area contributed by atoms with Crippen LogP contribution in [0.2, 0.25) is 0 Å². The molecule has 0 bridgehead atoms. The van der Waals surface area contributed by atoms with Gasteiger partial charge in [-0.15, -0.1) is 0 Å². The second kappa shape index (κ2) is 12.1. The van der Waals surface area contributed by atoms with Gasteiger partial charge in [0.05, 0.1) is 5.56 Å². The van der Waals surface area contributed by atoms with Gasteiger partial charge in [0, 0.05) is 0 Å². The van der Waals surface area contributed by atoms with Crippen LogP contribution >= 0.6 is 0 Å². The third kappa shape index (κ3) is 7.23. The third-order valence-corrected chi connectivity index (χ3v) is 7.10. The smallest absolute Gasteiger partial charge is 0.343 e. The summed E-state index contributed by atoms with van der Waals surface area (Å²) >= 11 is 0. The first kappa shape index (κ1) is 23.6. The molecule has 0 saturated heterocycles. The van der Waals surface area contributed by atoms with Gasteiger partial charge in [-0.2, -0.15) is 0 Å². The number of unbranched alkanes of at least 4 members (excludes halogenated alkanes) is 2. The van der Waals surface area contributed by atoms with Crippen molar-refractivity contribution in [2.45, 2.75) is 90.9 Å². The number of hydrogen-bond acceptors (Lipinski definition) is 2. The standard InChI is InChI=1S/C29H40O2/c1-4-6-7-8-23-9-13-25(14-10-23)26-15-17-27(18-16-26)29(30)31-28-19-11-24(12-20-28)21-22(3)5-2/h11-12,15-20,22-23,25H,4-10,13-14,21H2,1-3H3. The Morgan fingerprint density at radius 3 is 2.23 bits per heavy atom. The maximum Gasteiger partial charge on any atom is 0.343 e. The van der Waals surface area contributed by atoms with E-state index in [-0.39, 0.29) is 5.97 Å². The number of carbonyl (C=O) groups is 1. The SMILES string of the molecule is CCCCCC1CCC(c2ccc(C(=O)Oc3ccc(CC(C)CC)cc3)cc2)CC1. The van der Waals surface area contributed by atoms with Gasteiger partial charge in [-0.1, -0.05) is 77.1 Å². The van der Waals surface area contributed by atoms with Crippen molar-refractivity contribution < 1.29 is 9.53 Å². The summed E-state index contributed by atoms with van der Waals surface area (Å²) in [6, 6.07) is 16.1. The van der Waals surface area contributed by atoms with Crippen molar-refractivity contribution in [3.63, 3.8) is 0 Å². The molecule has 2 aromatic rings. The molecule has 3 rings (SSSR count). The summed E-state index contributed by atoms with van der Waals surface area (Å²) in [5.74, 6) is 2.58. The van der Waals surface area contributed by atoms with Crippen molar-refractivity contribution in [2.24, 2.45) is 11.8 Å². The normalized spacial score (nSPS) is 19.7. The number of rotatable bonds is 10. The lowest BCUT2D eigenvalue weighted by Gasteiger charge is -2.29.